The summed E-state index contributed by atoms with van der Waals surface area (Å²) in [6.45, 7) is 0. The summed E-state index contributed by atoms with van der Waals surface area (Å²) in [6.07, 6.45) is 5.56. The SMILES string of the molecule is Fc1cccc2c(-c3ccccc3)c3c(nc12)CCCCC3. The Bertz CT molecular complexity index is 824. The van der Waals surface area contributed by atoms with E-state index in [9.17, 15) is 4.39 Å². The molecule has 0 spiro atoms. The van der Waals surface area contributed by atoms with Crippen LogP contribution in [0.2, 0.25) is 0 Å². The molecule has 22 heavy (non-hydrogen) atoms. The van der Waals surface area contributed by atoms with E-state index in [-0.39, 0.29) is 5.82 Å². The number of halogens is 1. The number of fused-ring (bicyclic) bond motifs is 2. The molecule has 0 N–H and O–H groups in total. The lowest BCUT2D eigenvalue weighted by atomic mass is 9.92. The smallest absolute Gasteiger partial charge is 0.149 e. The molecular weight excluding hydrogens is 273 g/mol. The van der Waals surface area contributed by atoms with E-state index in [4.69, 9.17) is 0 Å². The fraction of sp³-hybridized carbons (Fsp3) is 0.250. The van der Waals surface area contributed by atoms with E-state index in [2.05, 4.69) is 17.1 Å². The minimum absolute atomic E-state index is 0.221. The monoisotopic (exact) mass is 291 g/mol. The lowest BCUT2D eigenvalue weighted by Crippen LogP contribution is -2.01. The number of aryl methyl sites for hydroxylation is 1. The van der Waals surface area contributed by atoms with Crippen molar-refractivity contribution in [1.82, 2.24) is 4.98 Å². The zero-order valence-corrected chi connectivity index (χ0v) is 12.5. The largest absolute Gasteiger partial charge is 0.249 e. The van der Waals surface area contributed by atoms with E-state index in [0.717, 1.165) is 30.3 Å². The summed E-state index contributed by atoms with van der Waals surface area (Å²) in [6, 6.07) is 15.6. The second kappa shape index (κ2) is 5.53. The van der Waals surface area contributed by atoms with Crippen LogP contribution < -0.4 is 0 Å². The lowest BCUT2D eigenvalue weighted by molar-refractivity contribution is 0.636. The summed E-state index contributed by atoms with van der Waals surface area (Å²) < 4.78 is 14.3. The van der Waals surface area contributed by atoms with Crippen LogP contribution in [-0.4, -0.2) is 4.98 Å². The fourth-order valence-corrected chi connectivity index (χ4v) is 3.52. The number of aromatic nitrogens is 1. The van der Waals surface area contributed by atoms with Crippen LogP contribution in [0.15, 0.2) is 48.5 Å². The van der Waals surface area contributed by atoms with Gasteiger partial charge in [0.2, 0.25) is 0 Å². The molecule has 0 fully saturated rings. The number of pyridine rings is 1. The zero-order chi connectivity index (χ0) is 14.9. The highest BCUT2D eigenvalue weighted by Crippen LogP contribution is 2.36. The maximum Gasteiger partial charge on any atom is 0.149 e. The molecule has 0 amide bonds. The van der Waals surface area contributed by atoms with Crippen LogP contribution in [0, 0.1) is 5.82 Å². The normalized spacial score (nSPS) is 14.6. The van der Waals surface area contributed by atoms with E-state index in [0.29, 0.717) is 5.52 Å². The van der Waals surface area contributed by atoms with Crippen molar-refractivity contribution < 1.29 is 4.39 Å². The van der Waals surface area contributed by atoms with Gasteiger partial charge in [-0.3, -0.25) is 0 Å². The topological polar surface area (TPSA) is 12.9 Å². The minimum Gasteiger partial charge on any atom is -0.249 e. The second-order valence-electron chi connectivity index (χ2n) is 5.97. The molecule has 1 heterocycles. The van der Waals surface area contributed by atoms with Crippen LogP contribution in [0.5, 0.6) is 0 Å². The van der Waals surface area contributed by atoms with Gasteiger partial charge in [-0.25, -0.2) is 9.37 Å². The summed E-state index contributed by atoms with van der Waals surface area (Å²) in [7, 11) is 0. The number of benzene rings is 2. The van der Waals surface area contributed by atoms with E-state index in [1.807, 2.05) is 24.3 Å². The van der Waals surface area contributed by atoms with Gasteiger partial charge < -0.3 is 0 Å². The van der Waals surface area contributed by atoms with Crippen molar-refractivity contribution in [2.75, 3.05) is 0 Å². The number of nitrogens with zero attached hydrogens (tertiary/aromatic N) is 1. The average Bonchev–Trinajstić information content (AvgIpc) is 2.79. The molecule has 0 atom stereocenters. The van der Waals surface area contributed by atoms with Crippen molar-refractivity contribution in [1.29, 1.82) is 0 Å². The molecule has 0 saturated heterocycles. The Morgan fingerprint density at radius 1 is 0.818 bits per heavy atom. The van der Waals surface area contributed by atoms with Gasteiger partial charge in [0.15, 0.2) is 0 Å². The highest BCUT2D eigenvalue weighted by atomic mass is 19.1. The quantitative estimate of drug-likeness (QED) is 0.554. The van der Waals surface area contributed by atoms with Crippen molar-refractivity contribution >= 4 is 10.9 Å². The Hall–Kier alpha value is -2.22. The molecule has 1 nitrogen and oxygen atoms in total. The van der Waals surface area contributed by atoms with Crippen molar-refractivity contribution in [3.8, 4) is 11.1 Å². The number of rotatable bonds is 1. The van der Waals surface area contributed by atoms with Crippen molar-refractivity contribution in [2.24, 2.45) is 0 Å². The first-order chi connectivity index (χ1) is 10.8. The van der Waals surface area contributed by atoms with Gasteiger partial charge in [-0.15, -0.1) is 0 Å². The van der Waals surface area contributed by atoms with E-state index in [1.165, 1.54) is 35.6 Å². The maximum absolute atomic E-state index is 14.3. The zero-order valence-electron chi connectivity index (χ0n) is 12.5. The van der Waals surface area contributed by atoms with Crippen LogP contribution in [-0.2, 0) is 12.8 Å². The highest BCUT2D eigenvalue weighted by molar-refractivity contribution is 5.97. The van der Waals surface area contributed by atoms with E-state index >= 15 is 0 Å². The Kier molecular flexibility index (Phi) is 3.38. The molecular formula is C20H18FN. The first kappa shape index (κ1) is 13.4. The third-order valence-corrected chi connectivity index (χ3v) is 4.56. The average molecular weight is 291 g/mol. The summed E-state index contributed by atoms with van der Waals surface area (Å²) in [5.74, 6) is -0.221. The Morgan fingerprint density at radius 3 is 2.50 bits per heavy atom. The maximum atomic E-state index is 14.3. The predicted molar refractivity (Wildman–Crippen MR) is 88.4 cm³/mol. The third kappa shape index (κ3) is 2.19. The number of hydrogen-bond donors (Lipinski definition) is 0. The number of para-hydroxylation sites is 1. The van der Waals surface area contributed by atoms with Gasteiger partial charge in [0.05, 0.1) is 0 Å². The van der Waals surface area contributed by atoms with Gasteiger partial charge in [0, 0.05) is 11.1 Å². The van der Waals surface area contributed by atoms with Crippen LogP contribution in [0.1, 0.15) is 30.5 Å². The third-order valence-electron chi connectivity index (χ3n) is 4.56. The van der Waals surface area contributed by atoms with Crippen LogP contribution in [0.3, 0.4) is 0 Å². The molecule has 4 rings (SSSR count). The van der Waals surface area contributed by atoms with Crippen LogP contribution in [0.4, 0.5) is 4.39 Å². The standard InChI is InChI=1S/C20H18FN/c21-17-12-7-11-16-19(14-8-3-1-4-9-14)15-10-5-2-6-13-18(15)22-20(16)17/h1,3-4,7-9,11-12H,2,5-6,10,13H2. The molecule has 110 valence electrons. The molecule has 1 aliphatic carbocycles. The van der Waals surface area contributed by atoms with Gasteiger partial charge in [0.25, 0.3) is 0 Å². The molecule has 3 aromatic rings. The summed E-state index contributed by atoms with van der Waals surface area (Å²) in [5.41, 5.74) is 5.28. The van der Waals surface area contributed by atoms with Gasteiger partial charge in [-0.2, -0.15) is 0 Å². The van der Waals surface area contributed by atoms with Gasteiger partial charge in [-0.05, 0) is 48.4 Å². The van der Waals surface area contributed by atoms with Crippen molar-refractivity contribution in [2.45, 2.75) is 32.1 Å². The van der Waals surface area contributed by atoms with Gasteiger partial charge >= 0.3 is 0 Å². The van der Waals surface area contributed by atoms with Gasteiger partial charge in [-0.1, -0.05) is 48.9 Å². The summed E-state index contributed by atoms with van der Waals surface area (Å²) in [5, 5.41) is 0.937. The minimum atomic E-state index is -0.221. The van der Waals surface area contributed by atoms with E-state index < -0.39 is 0 Å². The van der Waals surface area contributed by atoms with Gasteiger partial charge in [0.1, 0.15) is 11.3 Å². The van der Waals surface area contributed by atoms with Crippen molar-refractivity contribution in [3.05, 3.63) is 65.6 Å². The Labute approximate surface area is 129 Å². The highest BCUT2D eigenvalue weighted by Gasteiger charge is 2.19. The summed E-state index contributed by atoms with van der Waals surface area (Å²) >= 11 is 0. The molecule has 0 bridgehead atoms. The lowest BCUT2D eigenvalue weighted by Gasteiger charge is -2.16. The molecule has 0 radical (unpaired) electrons. The van der Waals surface area contributed by atoms with Crippen LogP contribution in [0.25, 0.3) is 22.0 Å². The molecule has 0 unspecified atom stereocenters. The second-order valence-corrected chi connectivity index (χ2v) is 5.97. The van der Waals surface area contributed by atoms with Crippen LogP contribution >= 0.6 is 0 Å². The Morgan fingerprint density at radius 2 is 1.64 bits per heavy atom. The fourth-order valence-electron chi connectivity index (χ4n) is 3.52. The molecule has 0 saturated carbocycles. The summed E-state index contributed by atoms with van der Waals surface area (Å²) in [4.78, 5) is 4.69. The number of hydrogen-bond acceptors (Lipinski definition) is 1. The molecule has 2 heteroatoms. The molecule has 0 aliphatic heterocycles. The first-order valence-electron chi connectivity index (χ1n) is 8.00. The van der Waals surface area contributed by atoms with E-state index in [1.54, 1.807) is 6.07 Å². The van der Waals surface area contributed by atoms with Crippen molar-refractivity contribution in [3.63, 3.8) is 0 Å². The Balaban J connectivity index is 2.11. The molecule has 1 aliphatic rings. The molecule has 1 aromatic heterocycles. The first-order valence-corrected chi connectivity index (χ1v) is 8.00. The predicted octanol–water partition coefficient (Wildman–Crippen LogP) is 5.31. The molecule has 2 aromatic carbocycles.